The highest BCUT2D eigenvalue weighted by atomic mass is 31.2. The number of hydrogen-bond donors (Lipinski definition) is 1. The van der Waals surface area contributed by atoms with Crippen LogP contribution >= 0.6 is 7.60 Å². The number of rotatable bonds is 7. The van der Waals surface area contributed by atoms with Gasteiger partial charge < -0.3 is 18.9 Å². The highest BCUT2D eigenvalue weighted by Gasteiger charge is 2.44. The number of ether oxygens (including phenoxy) is 1. The minimum atomic E-state index is -3.55. The first kappa shape index (κ1) is 16.4. The van der Waals surface area contributed by atoms with Crippen molar-refractivity contribution in [1.29, 1.82) is 0 Å². The van der Waals surface area contributed by atoms with Crippen molar-refractivity contribution >= 4 is 7.60 Å². The topological polar surface area (TPSA) is 65.0 Å². The normalized spacial score (nSPS) is 14.5. The van der Waals surface area contributed by atoms with Crippen LogP contribution in [0.1, 0.15) is 13.8 Å². The molecule has 0 aromatic heterocycles. The molecule has 0 rings (SSSR count). The number of hydrogen-bond acceptors (Lipinski definition) is 5. The number of nitrogens with zero attached hydrogens (tertiary/aromatic N) is 1. The Bertz CT molecular complexity index is 311. The molecule has 0 bridgehead atoms. The average Bonchev–Trinajstić information content (AvgIpc) is 2.15. The van der Waals surface area contributed by atoms with Crippen LogP contribution in [0.5, 0.6) is 0 Å². The number of methoxy groups -OCH3 is 1. The Morgan fingerprint density at radius 3 is 1.82 bits per heavy atom. The van der Waals surface area contributed by atoms with Gasteiger partial charge in [-0.1, -0.05) is 0 Å². The summed E-state index contributed by atoms with van der Waals surface area (Å²) >= 11 is 0. The van der Waals surface area contributed by atoms with Gasteiger partial charge in [0.05, 0.1) is 41.5 Å². The second-order valence-corrected chi connectivity index (χ2v) is 6.11. The third-order valence-electron chi connectivity index (χ3n) is 1.88. The van der Waals surface area contributed by atoms with Crippen LogP contribution in [0.3, 0.4) is 0 Å². The van der Waals surface area contributed by atoms with Gasteiger partial charge in [-0.25, -0.2) is 4.57 Å². The molecule has 0 heterocycles. The van der Waals surface area contributed by atoms with Crippen LogP contribution in [-0.4, -0.2) is 51.1 Å². The zero-order valence-corrected chi connectivity index (χ0v) is 12.3. The third kappa shape index (κ3) is 4.32. The summed E-state index contributed by atoms with van der Waals surface area (Å²) in [6.07, 6.45) is 0. The molecule has 0 radical (unpaired) electrons. The van der Waals surface area contributed by atoms with Crippen LogP contribution in [0, 0.1) is 0 Å². The summed E-state index contributed by atoms with van der Waals surface area (Å²) in [6.45, 7) is 3.86. The van der Waals surface area contributed by atoms with E-state index in [2.05, 4.69) is 0 Å². The molecule has 0 atom stereocenters. The third-order valence-corrected chi connectivity index (χ3v) is 4.38. The van der Waals surface area contributed by atoms with Crippen LogP contribution in [0.25, 0.3) is 0 Å². The SMILES string of the molecule is CCOP(=O)(OCC)/C(=C(\O)OC)[N+](C)(C)C. The Kier molecular flexibility index (Phi) is 6.19. The van der Waals surface area contributed by atoms with Crippen molar-refractivity contribution in [2.24, 2.45) is 0 Å². The van der Waals surface area contributed by atoms with Crippen molar-refractivity contribution in [3.63, 3.8) is 0 Å². The van der Waals surface area contributed by atoms with E-state index in [4.69, 9.17) is 13.8 Å². The van der Waals surface area contributed by atoms with E-state index in [-0.39, 0.29) is 23.1 Å². The lowest BCUT2D eigenvalue weighted by atomic mass is 10.6. The lowest BCUT2D eigenvalue weighted by molar-refractivity contribution is -0.826. The fourth-order valence-electron chi connectivity index (χ4n) is 1.36. The van der Waals surface area contributed by atoms with Crippen LogP contribution in [0.15, 0.2) is 11.4 Å². The average molecular weight is 268 g/mol. The van der Waals surface area contributed by atoms with E-state index >= 15 is 0 Å². The van der Waals surface area contributed by atoms with Crippen LogP contribution in [0.2, 0.25) is 0 Å². The van der Waals surface area contributed by atoms with Gasteiger partial charge in [0.15, 0.2) is 0 Å². The lowest BCUT2D eigenvalue weighted by Crippen LogP contribution is -2.35. The summed E-state index contributed by atoms with van der Waals surface area (Å²) in [6, 6.07) is 0. The second kappa shape index (κ2) is 6.40. The molecule has 0 aromatic rings. The van der Waals surface area contributed by atoms with Gasteiger partial charge in [-0.2, -0.15) is 0 Å². The molecule has 1 N–H and O–H groups in total. The van der Waals surface area contributed by atoms with Gasteiger partial charge in [0.25, 0.3) is 0 Å². The second-order valence-electron chi connectivity index (χ2n) is 4.18. The van der Waals surface area contributed by atoms with Crippen molar-refractivity contribution < 1.29 is 27.9 Å². The summed E-state index contributed by atoms with van der Waals surface area (Å²) in [7, 11) is 2.99. The summed E-state index contributed by atoms with van der Waals surface area (Å²) in [4.78, 5) is 0. The van der Waals surface area contributed by atoms with Crippen molar-refractivity contribution in [3.8, 4) is 0 Å². The van der Waals surface area contributed by atoms with Crippen molar-refractivity contribution in [1.82, 2.24) is 0 Å². The summed E-state index contributed by atoms with van der Waals surface area (Å²) in [5.41, 5.74) is 0.101. The van der Waals surface area contributed by atoms with E-state index in [1.807, 2.05) is 0 Å². The van der Waals surface area contributed by atoms with Crippen LogP contribution < -0.4 is 0 Å². The van der Waals surface area contributed by atoms with Crippen molar-refractivity contribution in [3.05, 3.63) is 11.4 Å². The Morgan fingerprint density at radius 2 is 1.59 bits per heavy atom. The van der Waals surface area contributed by atoms with Gasteiger partial charge in [0.1, 0.15) is 0 Å². The first-order valence-electron chi connectivity index (χ1n) is 5.41. The van der Waals surface area contributed by atoms with Crippen molar-refractivity contribution in [2.75, 3.05) is 41.5 Å². The zero-order chi connectivity index (χ0) is 13.7. The standard InChI is InChI=1S/C10H22NO5P/c1-7-15-17(13,16-8-2)9(10(12)14-6)11(3,4)5/h7-8H2,1-6H3/p+1. The summed E-state index contributed by atoms with van der Waals surface area (Å²) in [5.74, 6) is -0.428. The van der Waals surface area contributed by atoms with Gasteiger partial charge in [-0.15, -0.1) is 0 Å². The largest absolute Gasteiger partial charge is 0.476 e. The molecule has 17 heavy (non-hydrogen) atoms. The van der Waals surface area contributed by atoms with Gasteiger partial charge in [-0.3, -0.25) is 4.48 Å². The molecule has 7 heteroatoms. The first-order chi connectivity index (χ1) is 7.72. The predicted molar refractivity (Wildman–Crippen MR) is 65.6 cm³/mol. The molecule has 0 aromatic carbocycles. The minimum Gasteiger partial charge on any atom is -0.476 e. The molecule has 0 amide bonds. The summed E-state index contributed by atoms with van der Waals surface area (Å²) in [5, 5.41) is 9.75. The molecule has 0 fully saturated rings. The number of aliphatic hydroxyl groups is 1. The van der Waals surface area contributed by atoms with E-state index in [1.165, 1.54) is 7.11 Å². The molecule has 0 unspecified atom stereocenters. The van der Waals surface area contributed by atoms with E-state index in [9.17, 15) is 9.67 Å². The van der Waals surface area contributed by atoms with E-state index in [0.717, 1.165) is 0 Å². The fourth-order valence-corrected chi connectivity index (χ4v) is 3.42. The van der Waals surface area contributed by atoms with Gasteiger partial charge >= 0.3 is 19.0 Å². The van der Waals surface area contributed by atoms with E-state index in [1.54, 1.807) is 35.0 Å². The van der Waals surface area contributed by atoms with Gasteiger partial charge in [0, 0.05) is 0 Å². The Hall–Kier alpha value is -0.550. The molecule has 6 nitrogen and oxygen atoms in total. The maximum absolute atomic E-state index is 12.6. The molecule has 0 aliphatic carbocycles. The van der Waals surface area contributed by atoms with Crippen molar-refractivity contribution in [2.45, 2.75) is 13.8 Å². The smallest absolute Gasteiger partial charge is 0.421 e. The van der Waals surface area contributed by atoms with E-state index < -0.39 is 13.5 Å². The molecule has 0 saturated heterocycles. The predicted octanol–water partition coefficient (Wildman–Crippen LogP) is 2.29. The zero-order valence-electron chi connectivity index (χ0n) is 11.4. The molecule has 102 valence electrons. The minimum absolute atomic E-state index is 0.0942. The van der Waals surface area contributed by atoms with E-state index in [0.29, 0.717) is 0 Å². The molecular formula is C10H23NO5P+. The van der Waals surface area contributed by atoms with Crippen LogP contribution in [-0.2, 0) is 18.3 Å². The molecular weight excluding hydrogens is 245 g/mol. The maximum Gasteiger partial charge on any atom is 0.421 e. The number of quaternary nitrogens is 1. The highest BCUT2D eigenvalue weighted by molar-refractivity contribution is 7.58. The molecule has 0 saturated carbocycles. The Balaban J connectivity index is 5.65. The van der Waals surface area contributed by atoms with Gasteiger partial charge in [0.2, 0.25) is 0 Å². The fraction of sp³-hybridized carbons (Fsp3) is 0.800. The quantitative estimate of drug-likeness (QED) is 0.436. The maximum atomic E-state index is 12.6. The molecule has 0 aliphatic heterocycles. The number of aliphatic hydroxyl groups excluding tert-OH is 1. The Morgan fingerprint density at radius 1 is 1.18 bits per heavy atom. The Labute approximate surface area is 103 Å². The first-order valence-corrected chi connectivity index (χ1v) is 6.96. The van der Waals surface area contributed by atoms with Crippen LogP contribution in [0.4, 0.5) is 0 Å². The van der Waals surface area contributed by atoms with Gasteiger partial charge in [-0.05, 0) is 13.8 Å². The summed E-state index contributed by atoms with van der Waals surface area (Å²) < 4.78 is 27.9. The molecule has 0 aliphatic rings. The monoisotopic (exact) mass is 268 g/mol. The lowest BCUT2D eigenvalue weighted by Gasteiger charge is -2.30. The highest BCUT2D eigenvalue weighted by Crippen LogP contribution is 2.59. The molecule has 0 spiro atoms.